The van der Waals surface area contributed by atoms with Crippen molar-refractivity contribution in [2.24, 2.45) is 0 Å². The van der Waals surface area contributed by atoms with Crippen molar-refractivity contribution in [1.82, 2.24) is 15.0 Å². The second kappa shape index (κ2) is 8.82. The molecule has 1 fully saturated rings. The molecule has 0 radical (unpaired) electrons. The molecule has 2 heterocycles. The predicted octanol–water partition coefficient (Wildman–Crippen LogP) is 1.93. The molecule has 0 atom stereocenters. The fraction of sp³-hybridized carbons (Fsp3) is 0.474. The Balaban J connectivity index is 1.33. The molecule has 1 aliphatic rings. The highest BCUT2D eigenvalue weighted by Gasteiger charge is 2.19. The maximum absolute atomic E-state index is 12.1. The lowest BCUT2D eigenvalue weighted by atomic mass is 10.2. The van der Waals surface area contributed by atoms with Crippen LogP contribution >= 0.6 is 0 Å². The van der Waals surface area contributed by atoms with Crippen LogP contribution in [-0.2, 0) is 4.79 Å². The first-order valence-corrected chi connectivity index (χ1v) is 8.96. The van der Waals surface area contributed by atoms with Crippen LogP contribution in [0, 0.1) is 13.8 Å². The number of nitrogens with one attached hydrogen (secondary N) is 1. The van der Waals surface area contributed by atoms with E-state index in [-0.39, 0.29) is 5.91 Å². The number of ether oxygens (including phenoxy) is 1. The number of amides is 1. The van der Waals surface area contributed by atoms with Crippen molar-refractivity contribution in [3.63, 3.8) is 0 Å². The SMILES string of the molecule is Cc1cccc(OCCN2CCN(CC(=O)Nc3cc(C)on3)CC2)c1. The number of piperazine rings is 1. The second-order valence-corrected chi connectivity index (χ2v) is 6.65. The number of carbonyl (C=O) groups excluding carboxylic acids is 1. The molecular formula is C19H26N4O3. The summed E-state index contributed by atoms with van der Waals surface area (Å²) in [6, 6.07) is 9.82. The molecule has 0 unspecified atom stereocenters. The van der Waals surface area contributed by atoms with Crippen LogP contribution in [0.1, 0.15) is 11.3 Å². The first-order valence-electron chi connectivity index (χ1n) is 8.96. The van der Waals surface area contributed by atoms with Crippen molar-refractivity contribution < 1.29 is 14.1 Å². The van der Waals surface area contributed by atoms with Crippen LogP contribution < -0.4 is 10.1 Å². The van der Waals surface area contributed by atoms with Gasteiger partial charge in [0.1, 0.15) is 18.1 Å². The van der Waals surface area contributed by atoms with Crippen LogP contribution in [0.5, 0.6) is 5.75 Å². The standard InChI is InChI=1S/C19H26N4O3/c1-15-4-3-5-17(12-15)25-11-10-22-6-8-23(9-7-22)14-19(24)20-18-13-16(2)26-21-18/h3-5,12-13H,6-11,14H2,1-2H3,(H,20,21,24). The lowest BCUT2D eigenvalue weighted by Gasteiger charge is -2.34. The van der Waals surface area contributed by atoms with E-state index in [1.165, 1.54) is 5.56 Å². The minimum Gasteiger partial charge on any atom is -0.492 e. The Morgan fingerprint density at radius 1 is 1.19 bits per heavy atom. The number of carbonyl (C=O) groups is 1. The molecule has 140 valence electrons. The third-order valence-corrected chi connectivity index (χ3v) is 4.39. The highest BCUT2D eigenvalue weighted by molar-refractivity contribution is 5.91. The van der Waals surface area contributed by atoms with E-state index >= 15 is 0 Å². The molecule has 2 aromatic rings. The molecule has 0 aliphatic carbocycles. The van der Waals surface area contributed by atoms with Gasteiger partial charge in [-0.3, -0.25) is 14.6 Å². The average molecular weight is 358 g/mol. The topological polar surface area (TPSA) is 70.8 Å². The molecule has 1 amide bonds. The zero-order chi connectivity index (χ0) is 18.4. The fourth-order valence-corrected chi connectivity index (χ4v) is 2.98. The summed E-state index contributed by atoms with van der Waals surface area (Å²) in [5.41, 5.74) is 1.20. The number of aryl methyl sites for hydroxylation is 2. The lowest BCUT2D eigenvalue weighted by Crippen LogP contribution is -2.49. The predicted molar refractivity (Wildman–Crippen MR) is 99.4 cm³/mol. The van der Waals surface area contributed by atoms with E-state index in [9.17, 15) is 4.79 Å². The van der Waals surface area contributed by atoms with Gasteiger partial charge in [-0.05, 0) is 31.5 Å². The summed E-state index contributed by atoms with van der Waals surface area (Å²) in [5.74, 6) is 2.01. The van der Waals surface area contributed by atoms with Gasteiger partial charge in [-0.25, -0.2) is 0 Å². The van der Waals surface area contributed by atoms with E-state index < -0.39 is 0 Å². The molecule has 7 heteroatoms. The number of anilines is 1. The van der Waals surface area contributed by atoms with Crippen LogP contribution in [-0.4, -0.2) is 66.7 Å². The largest absolute Gasteiger partial charge is 0.492 e. The summed E-state index contributed by atoms with van der Waals surface area (Å²) >= 11 is 0. The lowest BCUT2D eigenvalue weighted by molar-refractivity contribution is -0.117. The van der Waals surface area contributed by atoms with Crippen molar-refractivity contribution in [3.8, 4) is 5.75 Å². The summed E-state index contributed by atoms with van der Waals surface area (Å²) in [7, 11) is 0. The summed E-state index contributed by atoms with van der Waals surface area (Å²) in [4.78, 5) is 16.6. The smallest absolute Gasteiger partial charge is 0.239 e. The maximum atomic E-state index is 12.1. The Labute approximate surface area is 153 Å². The Hall–Kier alpha value is -2.38. The van der Waals surface area contributed by atoms with Crippen molar-refractivity contribution >= 4 is 11.7 Å². The second-order valence-electron chi connectivity index (χ2n) is 6.65. The molecule has 1 aromatic carbocycles. The van der Waals surface area contributed by atoms with Crippen LogP contribution in [0.25, 0.3) is 0 Å². The normalized spacial score (nSPS) is 15.8. The fourth-order valence-electron chi connectivity index (χ4n) is 2.98. The summed E-state index contributed by atoms with van der Waals surface area (Å²) < 4.78 is 10.8. The minimum atomic E-state index is -0.0606. The molecule has 7 nitrogen and oxygen atoms in total. The zero-order valence-corrected chi connectivity index (χ0v) is 15.4. The highest BCUT2D eigenvalue weighted by atomic mass is 16.5. The summed E-state index contributed by atoms with van der Waals surface area (Å²) in [6.45, 7) is 9.42. The van der Waals surface area contributed by atoms with Gasteiger partial charge in [-0.15, -0.1) is 0 Å². The van der Waals surface area contributed by atoms with Crippen molar-refractivity contribution in [2.45, 2.75) is 13.8 Å². The van der Waals surface area contributed by atoms with E-state index in [1.54, 1.807) is 13.0 Å². The van der Waals surface area contributed by atoms with Gasteiger partial charge >= 0.3 is 0 Å². The summed E-state index contributed by atoms with van der Waals surface area (Å²) in [5, 5.41) is 6.54. The van der Waals surface area contributed by atoms with Gasteiger partial charge in [-0.2, -0.15) is 0 Å². The number of rotatable bonds is 7. The highest BCUT2D eigenvalue weighted by Crippen LogP contribution is 2.12. The van der Waals surface area contributed by atoms with Crippen LogP contribution in [0.15, 0.2) is 34.9 Å². The maximum Gasteiger partial charge on any atom is 0.239 e. The van der Waals surface area contributed by atoms with Crippen LogP contribution in [0.2, 0.25) is 0 Å². The molecule has 0 spiro atoms. The van der Waals surface area contributed by atoms with Gasteiger partial charge in [0.05, 0.1) is 6.54 Å². The molecule has 0 saturated carbocycles. The van der Waals surface area contributed by atoms with Crippen LogP contribution in [0.4, 0.5) is 5.82 Å². The molecule has 1 aromatic heterocycles. The van der Waals surface area contributed by atoms with E-state index in [0.717, 1.165) is 38.5 Å². The van der Waals surface area contributed by atoms with E-state index in [2.05, 4.69) is 33.3 Å². The molecular weight excluding hydrogens is 332 g/mol. The molecule has 3 rings (SSSR count). The Kier molecular flexibility index (Phi) is 6.25. The number of aromatic nitrogens is 1. The summed E-state index contributed by atoms with van der Waals surface area (Å²) in [6.07, 6.45) is 0. The first kappa shape index (κ1) is 18.4. The first-order chi connectivity index (χ1) is 12.6. The molecule has 1 N–H and O–H groups in total. The van der Waals surface area contributed by atoms with Gasteiger partial charge in [0, 0.05) is 38.8 Å². The molecule has 26 heavy (non-hydrogen) atoms. The van der Waals surface area contributed by atoms with Crippen molar-refractivity contribution in [1.29, 1.82) is 0 Å². The Bertz CT molecular complexity index is 723. The van der Waals surface area contributed by atoms with Crippen LogP contribution in [0.3, 0.4) is 0 Å². The number of hydrogen-bond donors (Lipinski definition) is 1. The number of benzene rings is 1. The van der Waals surface area contributed by atoms with E-state index in [0.29, 0.717) is 24.7 Å². The molecule has 1 saturated heterocycles. The van der Waals surface area contributed by atoms with Crippen molar-refractivity contribution in [3.05, 3.63) is 41.7 Å². The number of nitrogens with zero attached hydrogens (tertiary/aromatic N) is 3. The van der Waals surface area contributed by atoms with E-state index in [4.69, 9.17) is 9.26 Å². The van der Waals surface area contributed by atoms with Gasteiger partial charge < -0.3 is 14.6 Å². The minimum absolute atomic E-state index is 0.0606. The average Bonchev–Trinajstić information content (AvgIpc) is 3.01. The molecule has 1 aliphatic heterocycles. The van der Waals surface area contributed by atoms with E-state index in [1.807, 2.05) is 18.2 Å². The third-order valence-electron chi connectivity index (χ3n) is 4.39. The van der Waals surface area contributed by atoms with Gasteiger partial charge in [0.2, 0.25) is 5.91 Å². The Morgan fingerprint density at radius 3 is 2.65 bits per heavy atom. The van der Waals surface area contributed by atoms with Gasteiger partial charge in [0.25, 0.3) is 0 Å². The third kappa shape index (κ3) is 5.57. The molecule has 0 bridgehead atoms. The van der Waals surface area contributed by atoms with Gasteiger partial charge in [-0.1, -0.05) is 17.3 Å². The zero-order valence-electron chi connectivity index (χ0n) is 15.4. The monoisotopic (exact) mass is 358 g/mol. The van der Waals surface area contributed by atoms with Gasteiger partial charge in [0.15, 0.2) is 5.82 Å². The quantitative estimate of drug-likeness (QED) is 0.815. The Morgan fingerprint density at radius 2 is 1.96 bits per heavy atom. The van der Waals surface area contributed by atoms with Crippen molar-refractivity contribution in [2.75, 3.05) is 51.2 Å². The number of hydrogen-bond acceptors (Lipinski definition) is 6.